The van der Waals surface area contributed by atoms with Crippen LogP contribution in [0.25, 0.3) is 0 Å². The first kappa shape index (κ1) is 11.6. The van der Waals surface area contributed by atoms with E-state index in [4.69, 9.17) is 0 Å². The minimum Gasteiger partial charge on any atom is -0.224 e. The van der Waals surface area contributed by atoms with E-state index in [1.54, 1.807) is 0 Å². The molecule has 0 bridgehead atoms. The molecule has 0 aromatic heterocycles. The number of rotatable bonds is 0. The van der Waals surface area contributed by atoms with Gasteiger partial charge in [0.05, 0.1) is 10.6 Å². The fraction of sp³-hybridized carbons (Fsp3) is 0.333. The molecule has 0 amide bonds. The largest absolute Gasteiger partial charge is 0.242 e. The van der Waals surface area contributed by atoms with Crippen LogP contribution in [0.3, 0.4) is 0 Å². The van der Waals surface area contributed by atoms with Crippen LogP contribution >= 0.6 is 0 Å². The Labute approximate surface area is 94.5 Å². The van der Waals surface area contributed by atoms with Crippen molar-refractivity contribution < 1.29 is 16.8 Å². The molecule has 0 saturated heterocycles. The number of hydrogen-bond donors (Lipinski definition) is 1. The first-order chi connectivity index (χ1) is 7.33. The molecule has 0 spiro atoms. The Balaban J connectivity index is 2.82. The minimum absolute atomic E-state index is 0.119. The van der Waals surface area contributed by atoms with E-state index >= 15 is 0 Å². The number of sulfonamides is 1. The maximum atomic E-state index is 11.9. The average molecular weight is 261 g/mol. The average Bonchev–Trinajstić information content (AvgIpc) is 2.21. The van der Waals surface area contributed by atoms with E-state index in [1.165, 1.54) is 31.2 Å². The molecule has 1 aliphatic rings. The van der Waals surface area contributed by atoms with Crippen molar-refractivity contribution in [3.63, 3.8) is 0 Å². The van der Waals surface area contributed by atoms with Crippen molar-refractivity contribution in [3.05, 3.63) is 24.3 Å². The topological polar surface area (TPSA) is 80.3 Å². The van der Waals surface area contributed by atoms with Crippen LogP contribution in [0, 0.1) is 0 Å². The molecular formula is C9H11NO4S2. The van der Waals surface area contributed by atoms with Crippen LogP contribution < -0.4 is 4.72 Å². The van der Waals surface area contributed by atoms with Crippen LogP contribution in [0.4, 0.5) is 0 Å². The molecule has 7 heteroatoms. The van der Waals surface area contributed by atoms with Crippen molar-refractivity contribution in [2.24, 2.45) is 0 Å². The fourth-order valence-corrected chi connectivity index (χ4v) is 5.44. The number of nitrogens with one attached hydrogen (secondary N) is 1. The van der Waals surface area contributed by atoms with Gasteiger partial charge >= 0.3 is 0 Å². The lowest BCUT2D eigenvalue weighted by Crippen LogP contribution is -2.34. The molecule has 1 aliphatic heterocycles. The number of benzene rings is 1. The van der Waals surface area contributed by atoms with Crippen LogP contribution in [-0.4, -0.2) is 28.6 Å². The zero-order valence-corrected chi connectivity index (χ0v) is 10.2. The molecule has 0 saturated carbocycles. The van der Waals surface area contributed by atoms with E-state index in [9.17, 15) is 16.8 Å². The molecule has 1 aromatic rings. The Morgan fingerprint density at radius 3 is 2.31 bits per heavy atom. The summed E-state index contributed by atoms with van der Waals surface area (Å²) in [5, 5.41) is 0. The lowest BCUT2D eigenvalue weighted by atomic mass is 10.4. The van der Waals surface area contributed by atoms with Crippen LogP contribution in [0.15, 0.2) is 34.1 Å². The third kappa shape index (κ3) is 1.85. The van der Waals surface area contributed by atoms with E-state index < -0.39 is 25.9 Å². The highest BCUT2D eigenvalue weighted by Gasteiger charge is 2.33. The zero-order chi connectivity index (χ0) is 12.0. The third-order valence-corrected chi connectivity index (χ3v) is 6.04. The molecule has 2 rings (SSSR count). The second kappa shape index (κ2) is 3.54. The van der Waals surface area contributed by atoms with E-state index in [0.717, 1.165) is 0 Å². The second-order valence-electron chi connectivity index (χ2n) is 3.75. The zero-order valence-electron chi connectivity index (χ0n) is 8.54. The summed E-state index contributed by atoms with van der Waals surface area (Å²) >= 11 is 0. The molecule has 1 N–H and O–H groups in total. The minimum atomic E-state index is -3.73. The van der Waals surface area contributed by atoms with Gasteiger partial charge in [-0.05, 0) is 19.1 Å². The Hall–Kier alpha value is -0.920. The Bertz CT molecular complexity index is 564. The van der Waals surface area contributed by atoms with E-state index in [2.05, 4.69) is 4.72 Å². The molecule has 16 heavy (non-hydrogen) atoms. The van der Waals surface area contributed by atoms with E-state index in [0.29, 0.717) is 0 Å². The van der Waals surface area contributed by atoms with Crippen molar-refractivity contribution in [2.45, 2.75) is 22.8 Å². The van der Waals surface area contributed by atoms with Gasteiger partial charge in [-0.3, -0.25) is 0 Å². The van der Waals surface area contributed by atoms with Crippen LogP contribution in [0.1, 0.15) is 6.92 Å². The van der Waals surface area contributed by atoms with Gasteiger partial charge in [-0.1, -0.05) is 12.1 Å². The van der Waals surface area contributed by atoms with Gasteiger partial charge in [0.25, 0.3) is 0 Å². The summed E-state index contributed by atoms with van der Waals surface area (Å²) in [4.78, 5) is -0.286. The summed E-state index contributed by atoms with van der Waals surface area (Å²) in [5.74, 6) is -0.219. The summed E-state index contributed by atoms with van der Waals surface area (Å²) < 4.78 is 49.7. The first-order valence-corrected chi connectivity index (χ1v) is 7.80. The molecule has 5 nitrogen and oxygen atoms in total. The number of fused-ring (bicyclic) bond motifs is 1. The summed E-state index contributed by atoms with van der Waals surface area (Å²) in [6.07, 6.45) is 0. The maximum Gasteiger partial charge on any atom is 0.242 e. The first-order valence-electron chi connectivity index (χ1n) is 4.67. The predicted octanol–water partition coefficient (Wildman–Crippen LogP) is 0.141. The monoisotopic (exact) mass is 261 g/mol. The van der Waals surface area contributed by atoms with Crippen LogP contribution in [0.5, 0.6) is 0 Å². The summed E-state index contributed by atoms with van der Waals surface area (Å²) in [6.45, 7) is 1.53. The number of sulfone groups is 1. The quantitative estimate of drug-likeness (QED) is 0.720. The van der Waals surface area contributed by atoms with Gasteiger partial charge in [0.1, 0.15) is 4.90 Å². The lowest BCUT2D eigenvalue weighted by molar-refractivity contribution is 0.569. The van der Waals surface area contributed by atoms with E-state index in [-0.39, 0.29) is 15.5 Å². The Morgan fingerprint density at radius 1 is 1.12 bits per heavy atom. The lowest BCUT2D eigenvalue weighted by Gasteiger charge is -2.07. The SMILES string of the molecule is CC1CS(=O)(=O)c2ccccc2S(=O)(=O)N1. The highest BCUT2D eigenvalue weighted by molar-refractivity contribution is 7.94. The normalized spacial score (nSPS) is 26.7. The van der Waals surface area contributed by atoms with Gasteiger partial charge in [-0.15, -0.1) is 0 Å². The molecule has 0 radical (unpaired) electrons. The van der Waals surface area contributed by atoms with Crippen molar-refractivity contribution >= 4 is 19.9 Å². The molecule has 1 aromatic carbocycles. The Kier molecular flexibility index (Phi) is 2.56. The van der Waals surface area contributed by atoms with Crippen LogP contribution in [-0.2, 0) is 19.9 Å². The van der Waals surface area contributed by atoms with Crippen molar-refractivity contribution in [3.8, 4) is 0 Å². The highest BCUT2D eigenvalue weighted by atomic mass is 32.2. The summed E-state index contributed by atoms with van der Waals surface area (Å²) in [5.41, 5.74) is 0. The summed E-state index contributed by atoms with van der Waals surface area (Å²) in [6, 6.07) is 5.02. The van der Waals surface area contributed by atoms with Crippen molar-refractivity contribution in [1.82, 2.24) is 4.72 Å². The van der Waals surface area contributed by atoms with Gasteiger partial charge in [0, 0.05) is 6.04 Å². The Morgan fingerprint density at radius 2 is 1.69 bits per heavy atom. The molecule has 1 unspecified atom stereocenters. The van der Waals surface area contributed by atoms with E-state index in [1.807, 2.05) is 0 Å². The van der Waals surface area contributed by atoms with Gasteiger partial charge < -0.3 is 0 Å². The molecule has 1 heterocycles. The van der Waals surface area contributed by atoms with Crippen LogP contribution in [0.2, 0.25) is 0 Å². The van der Waals surface area contributed by atoms with Gasteiger partial charge in [-0.25, -0.2) is 21.6 Å². The predicted molar refractivity (Wildman–Crippen MR) is 58.3 cm³/mol. The van der Waals surface area contributed by atoms with Crippen molar-refractivity contribution in [1.29, 1.82) is 0 Å². The summed E-state index contributed by atoms with van der Waals surface area (Å²) in [7, 11) is -7.27. The number of hydrogen-bond acceptors (Lipinski definition) is 4. The van der Waals surface area contributed by atoms with Gasteiger partial charge in [-0.2, -0.15) is 0 Å². The molecule has 0 fully saturated rings. The molecule has 0 aliphatic carbocycles. The maximum absolute atomic E-state index is 11.9. The highest BCUT2D eigenvalue weighted by Crippen LogP contribution is 2.25. The smallest absolute Gasteiger partial charge is 0.224 e. The second-order valence-corrected chi connectivity index (χ2v) is 7.44. The fourth-order valence-electron chi connectivity index (χ4n) is 1.71. The molecular weight excluding hydrogens is 250 g/mol. The third-order valence-electron chi connectivity index (χ3n) is 2.30. The molecule has 88 valence electrons. The standard InChI is InChI=1S/C9H11NO4S2/c1-7-6-15(11,12)8-4-2-3-5-9(8)16(13,14)10-7/h2-5,7,10H,6H2,1H3. The van der Waals surface area contributed by atoms with Gasteiger partial charge in [0.2, 0.25) is 10.0 Å². The molecule has 1 atom stereocenters. The van der Waals surface area contributed by atoms with Crippen molar-refractivity contribution in [2.75, 3.05) is 5.75 Å². The van der Waals surface area contributed by atoms with Gasteiger partial charge in [0.15, 0.2) is 9.84 Å².